The fourth-order valence-corrected chi connectivity index (χ4v) is 2.47. The van der Waals surface area contributed by atoms with Crippen LogP contribution in [0.5, 0.6) is 11.5 Å². The number of aromatic hydroxyl groups is 1. The molecule has 0 saturated carbocycles. The third kappa shape index (κ3) is 4.13. The summed E-state index contributed by atoms with van der Waals surface area (Å²) in [5.74, 6) is 0.375. The van der Waals surface area contributed by atoms with Gasteiger partial charge in [-0.2, -0.15) is 0 Å². The van der Waals surface area contributed by atoms with Crippen molar-refractivity contribution >= 4 is 29.4 Å². The molecule has 0 spiro atoms. The molecular weight excluding hydrogens is 325 g/mol. The van der Waals surface area contributed by atoms with Crippen molar-refractivity contribution in [2.24, 2.45) is 4.99 Å². The number of aliphatic hydroxyl groups is 1. The summed E-state index contributed by atoms with van der Waals surface area (Å²) in [6.45, 7) is 0.118. The fraction of sp³-hybridized carbons (Fsp3) is 0.188. The Morgan fingerprint density at radius 3 is 2.55 bits per heavy atom. The van der Waals surface area contributed by atoms with Crippen LogP contribution >= 0.6 is 23.2 Å². The summed E-state index contributed by atoms with van der Waals surface area (Å²) in [7, 11) is 1.47. The van der Waals surface area contributed by atoms with E-state index in [2.05, 4.69) is 4.99 Å². The van der Waals surface area contributed by atoms with E-state index in [4.69, 9.17) is 27.9 Å². The second-order valence-electron chi connectivity index (χ2n) is 4.61. The minimum Gasteiger partial charge on any atom is -0.504 e. The normalized spacial score (nSPS) is 12.5. The number of nitrogens with zero attached hydrogens (tertiary/aromatic N) is 1. The summed E-state index contributed by atoms with van der Waals surface area (Å²) in [5, 5.41) is 20.9. The van der Waals surface area contributed by atoms with Gasteiger partial charge in [0, 0.05) is 21.8 Å². The molecule has 4 nitrogen and oxygen atoms in total. The lowest BCUT2D eigenvalue weighted by Crippen LogP contribution is -2.02. The summed E-state index contributed by atoms with van der Waals surface area (Å²) in [6, 6.07) is 9.96. The highest BCUT2D eigenvalue weighted by Crippen LogP contribution is 2.28. The van der Waals surface area contributed by atoms with Gasteiger partial charge >= 0.3 is 0 Å². The highest BCUT2D eigenvalue weighted by atomic mass is 35.5. The fourth-order valence-electron chi connectivity index (χ4n) is 1.93. The van der Waals surface area contributed by atoms with Crippen LogP contribution in [0, 0.1) is 0 Å². The van der Waals surface area contributed by atoms with E-state index in [1.807, 2.05) is 0 Å². The lowest BCUT2D eigenvalue weighted by molar-refractivity contribution is 0.187. The van der Waals surface area contributed by atoms with Crippen molar-refractivity contribution in [1.29, 1.82) is 0 Å². The minimum absolute atomic E-state index is 0.00837. The van der Waals surface area contributed by atoms with Gasteiger partial charge in [-0.05, 0) is 35.9 Å². The first kappa shape index (κ1) is 16.6. The van der Waals surface area contributed by atoms with Crippen LogP contribution in [0.25, 0.3) is 0 Å². The molecule has 0 bridgehead atoms. The SMILES string of the molecule is COc1cccc(C=NCC(O)c2cc(Cl)cc(Cl)c2)c1O. The standard InChI is InChI=1S/C16H15Cl2NO3/c1-22-15-4-2-3-10(16(15)21)8-19-9-14(20)11-5-12(17)7-13(18)6-11/h2-8,14,20-21H,9H2,1H3. The van der Waals surface area contributed by atoms with Crippen molar-refractivity contribution in [3.8, 4) is 11.5 Å². The smallest absolute Gasteiger partial charge is 0.166 e. The molecule has 116 valence electrons. The van der Waals surface area contributed by atoms with Gasteiger partial charge in [-0.1, -0.05) is 29.3 Å². The number of aliphatic hydroxyl groups excluding tert-OH is 1. The molecule has 0 fully saturated rings. The average Bonchev–Trinajstić information content (AvgIpc) is 2.48. The summed E-state index contributed by atoms with van der Waals surface area (Å²) in [4.78, 5) is 4.14. The molecule has 0 saturated heterocycles. The largest absolute Gasteiger partial charge is 0.504 e. The molecule has 0 aliphatic rings. The van der Waals surface area contributed by atoms with Crippen molar-refractivity contribution in [2.45, 2.75) is 6.10 Å². The maximum atomic E-state index is 10.1. The van der Waals surface area contributed by atoms with Crippen LogP contribution in [0.15, 0.2) is 41.4 Å². The van der Waals surface area contributed by atoms with Crippen molar-refractivity contribution < 1.29 is 14.9 Å². The number of phenols is 1. The van der Waals surface area contributed by atoms with E-state index in [1.165, 1.54) is 13.3 Å². The second kappa shape index (κ2) is 7.49. The maximum absolute atomic E-state index is 10.1. The number of phenolic OH excluding ortho intramolecular Hbond substituents is 1. The highest BCUT2D eigenvalue weighted by Gasteiger charge is 2.09. The molecule has 0 heterocycles. The van der Waals surface area contributed by atoms with Gasteiger partial charge in [-0.25, -0.2) is 0 Å². The Hall–Kier alpha value is -1.75. The quantitative estimate of drug-likeness (QED) is 0.813. The number of para-hydroxylation sites is 1. The summed E-state index contributed by atoms with van der Waals surface area (Å²) in [6.07, 6.45) is 0.646. The Bertz CT molecular complexity index is 669. The number of methoxy groups -OCH3 is 1. The van der Waals surface area contributed by atoms with Crippen LogP contribution in [0.2, 0.25) is 10.0 Å². The zero-order valence-corrected chi connectivity index (χ0v) is 13.3. The van der Waals surface area contributed by atoms with E-state index in [1.54, 1.807) is 36.4 Å². The molecule has 2 aromatic rings. The molecule has 1 unspecified atom stereocenters. The molecule has 0 radical (unpaired) electrons. The molecule has 0 aromatic heterocycles. The van der Waals surface area contributed by atoms with E-state index in [-0.39, 0.29) is 12.3 Å². The minimum atomic E-state index is -0.833. The summed E-state index contributed by atoms with van der Waals surface area (Å²) >= 11 is 11.8. The number of ether oxygens (including phenoxy) is 1. The summed E-state index contributed by atoms with van der Waals surface area (Å²) in [5.41, 5.74) is 1.10. The van der Waals surface area contributed by atoms with E-state index in [9.17, 15) is 10.2 Å². The number of aliphatic imine (C=N–C) groups is 1. The van der Waals surface area contributed by atoms with Gasteiger partial charge in [0.1, 0.15) is 0 Å². The zero-order chi connectivity index (χ0) is 16.1. The van der Waals surface area contributed by atoms with Crippen LogP contribution in [-0.4, -0.2) is 30.1 Å². The first-order chi connectivity index (χ1) is 10.5. The zero-order valence-electron chi connectivity index (χ0n) is 11.8. The number of rotatable bonds is 5. The van der Waals surface area contributed by atoms with Crippen LogP contribution in [0.1, 0.15) is 17.2 Å². The Morgan fingerprint density at radius 1 is 1.23 bits per heavy atom. The predicted octanol–water partition coefficient (Wildman–Crippen LogP) is 3.86. The van der Waals surface area contributed by atoms with E-state index < -0.39 is 6.10 Å². The third-order valence-electron chi connectivity index (χ3n) is 3.03. The Kier molecular flexibility index (Phi) is 5.66. The van der Waals surface area contributed by atoms with Crippen molar-refractivity contribution in [3.05, 3.63) is 57.6 Å². The van der Waals surface area contributed by atoms with E-state index in [0.717, 1.165) is 0 Å². The average molecular weight is 340 g/mol. The number of hydrogen-bond donors (Lipinski definition) is 2. The monoisotopic (exact) mass is 339 g/mol. The maximum Gasteiger partial charge on any atom is 0.166 e. The molecule has 0 aliphatic carbocycles. The first-order valence-electron chi connectivity index (χ1n) is 6.51. The first-order valence-corrected chi connectivity index (χ1v) is 7.26. The van der Waals surface area contributed by atoms with E-state index >= 15 is 0 Å². The topological polar surface area (TPSA) is 62.0 Å². The molecule has 2 N–H and O–H groups in total. The lowest BCUT2D eigenvalue weighted by atomic mass is 10.1. The van der Waals surface area contributed by atoms with Gasteiger partial charge in [-0.3, -0.25) is 4.99 Å². The molecular formula is C16H15Cl2NO3. The van der Waals surface area contributed by atoms with E-state index in [0.29, 0.717) is 26.9 Å². The Labute approximate surface area is 138 Å². The number of halogens is 2. The molecule has 0 aliphatic heterocycles. The molecule has 1 atom stereocenters. The van der Waals surface area contributed by atoms with Crippen molar-refractivity contribution in [3.63, 3.8) is 0 Å². The second-order valence-corrected chi connectivity index (χ2v) is 5.48. The predicted molar refractivity (Wildman–Crippen MR) is 88.5 cm³/mol. The van der Waals surface area contributed by atoms with Crippen molar-refractivity contribution in [1.82, 2.24) is 0 Å². The molecule has 6 heteroatoms. The molecule has 0 amide bonds. The number of benzene rings is 2. The van der Waals surface area contributed by atoms with Gasteiger partial charge in [0.2, 0.25) is 0 Å². The third-order valence-corrected chi connectivity index (χ3v) is 3.46. The lowest BCUT2D eigenvalue weighted by Gasteiger charge is -2.09. The van der Waals surface area contributed by atoms with Gasteiger partial charge in [0.15, 0.2) is 11.5 Å². The van der Waals surface area contributed by atoms with Gasteiger partial charge in [0.05, 0.1) is 19.8 Å². The summed E-state index contributed by atoms with van der Waals surface area (Å²) < 4.78 is 5.02. The van der Waals surface area contributed by atoms with Crippen LogP contribution < -0.4 is 4.74 Å². The van der Waals surface area contributed by atoms with Crippen molar-refractivity contribution in [2.75, 3.05) is 13.7 Å². The Morgan fingerprint density at radius 2 is 1.91 bits per heavy atom. The van der Waals surface area contributed by atoms with Gasteiger partial charge in [-0.15, -0.1) is 0 Å². The highest BCUT2D eigenvalue weighted by molar-refractivity contribution is 6.34. The number of hydrogen-bond acceptors (Lipinski definition) is 4. The van der Waals surface area contributed by atoms with Crippen LogP contribution in [0.3, 0.4) is 0 Å². The van der Waals surface area contributed by atoms with Crippen LogP contribution in [-0.2, 0) is 0 Å². The molecule has 2 aromatic carbocycles. The van der Waals surface area contributed by atoms with Gasteiger partial charge in [0.25, 0.3) is 0 Å². The van der Waals surface area contributed by atoms with Crippen LogP contribution in [0.4, 0.5) is 0 Å². The van der Waals surface area contributed by atoms with Gasteiger partial charge < -0.3 is 14.9 Å². The molecule has 22 heavy (non-hydrogen) atoms. The Balaban J connectivity index is 2.09. The molecule has 2 rings (SSSR count).